The van der Waals surface area contributed by atoms with Crippen molar-refractivity contribution >= 4 is 11.5 Å². The normalized spacial score (nSPS) is 17.0. The predicted molar refractivity (Wildman–Crippen MR) is 74.9 cm³/mol. The van der Waals surface area contributed by atoms with Crippen LogP contribution in [0.3, 0.4) is 0 Å². The number of ether oxygens (including phenoxy) is 2. The summed E-state index contributed by atoms with van der Waals surface area (Å²) >= 11 is 0. The lowest BCUT2D eigenvalue weighted by Gasteiger charge is -2.17. The second-order valence-electron chi connectivity index (χ2n) is 5.91. The third-order valence-electron chi connectivity index (χ3n) is 3.69. The molecule has 5 heteroatoms. The Labute approximate surface area is 122 Å². The summed E-state index contributed by atoms with van der Waals surface area (Å²) in [6.07, 6.45) is 1.09. The number of hydrogen-bond donors (Lipinski definition) is 0. The van der Waals surface area contributed by atoms with Gasteiger partial charge in [0, 0.05) is 11.1 Å². The molecule has 0 heterocycles. The van der Waals surface area contributed by atoms with Crippen molar-refractivity contribution in [2.24, 2.45) is 5.41 Å². The first-order chi connectivity index (χ1) is 9.80. The maximum Gasteiger partial charge on any atom is 0.334 e. The molecule has 114 valence electrons. The average molecular weight is 296 g/mol. The summed E-state index contributed by atoms with van der Waals surface area (Å²) in [5.74, 6) is -2.64. The Morgan fingerprint density at radius 1 is 1.19 bits per heavy atom. The fraction of sp³-hybridized carbons (Fsp3) is 0.438. The van der Waals surface area contributed by atoms with Crippen LogP contribution in [0.5, 0.6) is 5.75 Å². The van der Waals surface area contributed by atoms with Gasteiger partial charge in [-0.25, -0.2) is 9.18 Å². The molecule has 0 bridgehead atoms. The highest BCUT2D eigenvalue weighted by Crippen LogP contribution is 2.48. The van der Waals surface area contributed by atoms with Crippen molar-refractivity contribution in [3.63, 3.8) is 0 Å². The summed E-state index contributed by atoms with van der Waals surface area (Å²) in [6.45, 7) is 4.02. The molecule has 0 aliphatic heterocycles. The highest BCUT2D eigenvalue weighted by atomic mass is 19.2. The van der Waals surface area contributed by atoms with Gasteiger partial charge in [0.1, 0.15) is 0 Å². The number of rotatable bonds is 3. The highest BCUT2D eigenvalue weighted by Gasteiger charge is 2.36. The Kier molecular flexibility index (Phi) is 4.03. The molecule has 1 aliphatic carbocycles. The van der Waals surface area contributed by atoms with Gasteiger partial charge in [-0.1, -0.05) is 13.8 Å². The van der Waals surface area contributed by atoms with Gasteiger partial charge in [0.15, 0.2) is 11.6 Å². The van der Waals surface area contributed by atoms with Crippen LogP contribution in [0.1, 0.15) is 32.3 Å². The summed E-state index contributed by atoms with van der Waals surface area (Å²) in [6, 6.07) is 2.48. The first kappa shape index (κ1) is 15.5. The molecular weight excluding hydrogens is 278 g/mol. The number of methoxy groups -OCH3 is 2. The van der Waals surface area contributed by atoms with Gasteiger partial charge < -0.3 is 9.47 Å². The van der Waals surface area contributed by atoms with E-state index in [1.165, 1.54) is 20.3 Å². The van der Waals surface area contributed by atoms with E-state index in [9.17, 15) is 13.6 Å². The van der Waals surface area contributed by atoms with E-state index >= 15 is 0 Å². The van der Waals surface area contributed by atoms with E-state index in [0.717, 1.165) is 6.07 Å². The van der Waals surface area contributed by atoms with Crippen LogP contribution in [0, 0.1) is 17.0 Å². The third kappa shape index (κ3) is 2.77. The van der Waals surface area contributed by atoms with Gasteiger partial charge in [-0.3, -0.25) is 0 Å². The molecule has 0 fully saturated rings. The van der Waals surface area contributed by atoms with E-state index in [1.54, 1.807) is 0 Å². The minimum absolute atomic E-state index is 0.144. The molecular formula is C16H18F2O3. The SMILES string of the molecule is COC(=O)C1=C(c2ccc(F)c(F)c2OC)CC(C)(C)C1. The van der Waals surface area contributed by atoms with Gasteiger partial charge in [0.05, 0.1) is 14.2 Å². The molecule has 0 amide bonds. The molecule has 21 heavy (non-hydrogen) atoms. The molecule has 0 N–H and O–H groups in total. The van der Waals surface area contributed by atoms with E-state index < -0.39 is 17.6 Å². The van der Waals surface area contributed by atoms with Crippen molar-refractivity contribution in [1.29, 1.82) is 0 Å². The van der Waals surface area contributed by atoms with E-state index in [0.29, 0.717) is 29.6 Å². The van der Waals surface area contributed by atoms with E-state index in [1.807, 2.05) is 13.8 Å². The zero-order valence-electron chi connectivity index (χ0n) is 12.5. The number of allylic oxidation sites excluding steroid dienone is 1. The van der Waals surface area contributed by atoms with Gasteiger partial charge in [0.25, 0.3) is 0 Å². The number of benzene rings is 1. The quantitative estimate of drug-likeness (QED) is 0.797. The Morgan fingerprint density at radius 3 is 2.43 bits per heavy atom. The highest BCUT2D eigenvalue weighted by molar-refractivity contribution is 5.99. The minimum Gasteiger partial charge on any atom is -0.493 e. The molecule has 0 aromatic heterocycles. The van der Waals surface area contributed by atoms with Crippen molar-refractivity contribution in [3.8, 4) is 5.75 Å². The maximum absolute atomic E-state index is 13.9. The second-order valence-corrected chi connectivity index (χ2v) is 5.91. The first-order valence-corrected chi connectivity index (χ1v) is 6.63. The Balaban J connectivity index is 2.63. The molecule has 0 spiro atoms. The van der Waals surface area contributed by atoms with E-state index in [4.69, 9.17) is 9.47 Å². The Morgan fingerprint density at radius 2 is 1.86 bits per heavy atom. The molecule has 1 aliphatic rings. The summed E-state index contributed by atoms with van der Waals surface area (Å²) in [4.78, 5) is 11.9. The van der Waals surface area contributed by atoms with Crippen LogP contribution in [0.4, 0.5) is 8.78 Å². The van der Waals surface area contributed by atoms with Crippen LogP contribution >= 0.6 is 0 Å². The lowest BCUT2D eigenvalue weighted by Crippen LogP contribution is -2.09. The fourth-order valence-corrected chi connectivity index (χ4v) is 2.78. The summed E-state index contributed by atoms with van der Waals surface area (Å²) in [5.41, 5.74) is 1.41. The molecule has 0 atom stereocenters. The van der Waals surface area contributed by atoms with Crippen molar-refractivity contribution in [3.05, 3.63) is 34.9 Å². The third-order valence-corrected chi connectivity index (χ3v) is 3.69. The van der Waals surface area contributed by atoms with Crippen molar-refractivity contribution < 1.29 is 23.0 Å². The van der Waals surface area contributed by atoms with Crippen molar-refractivity contribution in [2.75, 3.05) is 14.2 Å². The molecule has 0 saturated carbocycles. The van der Waals surface area contributed by atoms with Crippen molar-refractivity contribution in [2.45, 2.75) is 26.7 Å². The maximum atomic E-state index is 13.9. The number of carbonyl (C=O) groups excluding carboxylic acids is 1. The Hall–Kier alpha value is -1.91. The first-order valence-electron chi connectivity index (χ1n) is 6.63. The van der Waals surface area contributed by atoms with Crippen LogP contribution in [0.15, 0.2) is 17.7 Å². The average Bonchev–Trinajstić information content (AvgIpc) is 2.76. The van der Waals surface area contributed by atoms with Gasteiger partial charge in [-0.15, -0.1) is 0 Å². The molecule has 1 aromatic rings. The zero-order chi connectivity index (χ0) is 15.8. The second kappa shape index (κ2) is 5.47. The van der Waals surface area contributed by atoms with Crippen molar-refractivity contribution in [1.82, 2.24) is 0 Å². The summed E-state index contributed by atoms with van der Waals surface area (Å²) in [7, 11) is 2.58. The Bertz CT molecular complexity index is 618. The number of halogens is 2. The largest absolute Gasteiger partial charge is 0.493 e. The number of carbonyl (C=O) groups is 1. The summed E-state index contributed by atoms with van der Waals surface area (Å²) < 4.78 is 37.0. The fourth-order valence-electron chi connectivity index (χ4n) is 2.78. The van der Waals surface area contributed by atoms with Gasteiger partial charge in [-0.05, 0) is 36.0 Å². The molecule has 1 aromatic carbocycles. The molecule has 2 rings (SSSR count). The zero-order valence-corrected chi connectivity index (χ0v) is 12.5. The topological polar surface area (TPSA) is 35.5 Å². The number of hydrogen-bond acceptors (Lipinski definition) is 3. The van der Waals surface area contributed by atoms with Gasteiger partial charge >= 0.3 is 5.97 Å². The van der Waals surface area contributed by atoms with Crippen LogP contribution in [-0.2, 0) is 9.53 Å². The van der Waals surface area contributed by atoms with Crippen LogP contribution in [0.2, 0.25) is 0 Å². The van der Waals surface area contributed by atoms with E-state index in [-0.39, 0.29) is 11.2 Å². The van der Waals surface area contributed by atoms with Crippen LogP contribution in [-0.4, -0.2) is 20.2 Å². The number of esters is 1. The van der Waals surface area contributed by atoms with Gasteiger partial charge in [-0.2, -0.15) is 4.39 Å². The smallest absolute Gasteiger partial charge is 0.334 e. The molecule has 0 saturated heterocycles. The molecule has 0 radical (unpaired) electrons. The summed E-state index contributed by atoms with van der Waals surface area (Å²) in [5, 5.41) is 0. The predicted octanol–water partition coefficient (Wildman–Crippen LogP) is 3.72. The lowest BCUT2D eigenvalue weighted by molar-refractivity contribution is -0.136. The van der Waals surface area contributed by atoms with Gasteiger partial charge in [0.2, 0.25) is 5.82 Å². The molecule has 3 nitrogen and oxygen atoms in total. The minimum atomic E-state index is -1.04. The van der Waals surface area contributed by atoms with Crippen LogP contribution in [0.25, 0.3) is 5.57 Å². The standard InChI is InChI=1S/C16H18F2O3/c1-16(2)7-10(11(8-16)15(19)21-4)9-5-6-12(17)13(18)14(9)20-3/h5-6H,7-8H2,1-4H3. The molecule has 0 unspecified atom stereocenters. The monoisotopic (exact) mass is 296 g/mol. The lowest BCUT2D eigenvalue weighted by atomic mass is 9.88. The van der Waals surface area contributed by atoms with Crippen LogP contribution < -0.4 is 4.74 Å². The van der Waals surface area contributed by atoms with E-state index in [2.05, 4.69) is 0 Å².